The van der Waals surface area contributed by atoms with Crippen molar-refractivity contribution >= 4 is 57.3 Å². The molecule has 0 spiro atoms. The summed E-state index contributed by atoms with van der Waals surface area (Å²) in [7, 11) is -2.34. The Balaban J connectivity index is 0.00000449. The molecule has 0 saturated heterocycles. The first-order valence-electron chi connectivity index (χ1n) is 20.0. The monoisotopic (exact) mass is 962 g/mol. The summed E-state index contributed by atoms with van der Waals surface area (Å²) in [6, 6.07) is 68.5. The van der Waals surface area contributed by atoms with Gasteiger partial charge >= 0.3 is 0 Å². The second kappa shape index (κ2) is 15.6. The average molecular weight is 963 g/mol. The maximum atomic E-state index is 5.08. The van der Waals surface area contributed by atoms with Crippen molar-refractivity contribution in [2.24, 2.45) is 0 Å². The van der Waals surface area contributed by atoms with Crippen molar-refractivity contribution in [3.63, 3.8) is 0 Å². The molecule has 0 atom stereocenters. The number of para-hydroxylation sites is 3. The molecule has 0 bridgehead atoms. The summed E-state index contributed by atoms with van der Waals surface area (Å²) in [5.41, 5.74) is 12.3. The van der Waals surface area contributed by atoms with E-state index >= 15 is 0 Å². The molecule has 2 aromatic heterocycles. The van der Waals surface area contributed by atoms with Gasteiger partial charge in [0.25, 0.3) is 0 Å². The predicted octanol–water partition coefficient (Wildman–Crippen LogP) is 11.8. The van der Waals surface area contributed by atoms with Gasteiger partial charge in [0, 0.05) is 38.5 Å². The molecule has 0 radical (unpaired) electrons. The maximum absolute atomic E-state index is 5.08. The molecule has 7 aromatic carbocycles. The summed E-state index contributed by atoms with van der Waals surface area (Å²) in [6.07, 6.45) is 1.95. The van der Waals surface area contributed by atoms with Crippen LogP contribution in [-0.2, 0) is 21.1 Å². The van der Waals surface area contributed by atoms with Crippen molar-refractivity contribution in [1.82, 2.24) is 9.55 Å². The second-order valence-corrected chi connectivity index (χ2v) is 20.1. The third-order valence-corrected chi connectivity index (χ3v) is 14.7. The first-order valence-corrected chi connectivity index (χ1v) is 23.0. The molecule has 0 amide bonds. The standard InChI is InChI=1S/C52H42N4OSi.Pt/c1-36(2)55-48-27-13-14-28-49(48)56(57-55)40-21-15-22-41(34-40)58(3,4)42-29-30-46-45-23-11-12-26-47(45)54(50(46)35-42)51-33-39(31-32-53-51)52-43(37-17-7-5-8-18-37)24-16-25-44(52)38-19-9-6-10-20-38;/h5-33,36H,1-4H3;/q-2;/p+1. The molecule has 3 heterocycles. The van der Waals surface area contributed by atoms with Crippen LogP contribution < -0.4 is 20.5 Å². The number of rotatable bonds is 8. The van der Waals surface area contributed by atoms with Crippen molar-refractivity contribution < 1.29 is 26.0 Å². The number of aromatic nitrogens is 2. The van der Waals surface area contributed by atoms with Gasteiger partial charge in [-0.05, 0) is 82.9 Å². The van der Waals surface area contributed by atoms with E-state index < -0.39 is 8.07 Å². The van der Waals surface area contributed by atoms with E-state index in [2.05, 4.69) is 219 Å². The Kier molecular flexibility index (Phi) is 10.2. The molecule has 0 aliphatic carbocycles. The van der Waals surface area contributed by atoms with E-state index in [1.807, 2.05) is 11.3 Å². The van der Waals surface area contributed by atoms with Crippen LogP contribution in [0.15, 0.2) is 176 Å². The van der Waals surface area contributed by atoms with E-state index in [1.165, 1.54) is 43.6 Å². The number of pyridine rings is 1. The minimum Gasteiger partial charge on any atom is -0.319 e. The number of hydrogen-bond acceptors (Lipinski definition) is 3. The summed E-state index contributed by atoms with van der Waals surface area (Å²) >= 11 is 0. The van der Waals surface area contributed by atoms with Crippen molar-refractivity contribution in [1.29, 1.82) is 0 Å². The van der Waals surface area contributed by atoms with Crippen molar-refractivity contribution in [3.05, 3.63) is 188 Å². The molecule has 1 aliphatic heterocycles. The minimum absolute atomic E-state index is 0. The number of hydrogen-bond donors (Lipinski definition) is 0. The first kappa shape index (κ1) is 38.5. The number of nitrogens with zero attached hydrogens (tertiary/aromatic N) is 4. The Morgan fingerprint density at radius 2 is 1.20 bits per heavy atom. The van der Waals surface area contributed by atoms with Crippen LogP contribution in [0.3, 0.4) is 0 Å². The summed E-state index contributed by atoms with van der Waals surface area (Å²) in [5.74, 6) is 0.857. The van der Waals surface area contributed by atoms with Gasteiger partial charge in [-0.2, -0.15) is 51.7 Å². The van der Waals surface area contributed by atoms with Gasteiger partial charge in [-0.3, -0.25) is 0 Å². The van der Waals surface area contributed by atoms with Crippen LogP contribution in [0, 0.1) is 12.1 Å². The van der Waals surface area contributed by atoms with E-state index in [9.17, 15) is 0 Å². The third kappa shape index (κ3) is 6.71. The SMILES string of the molecule is CC(C)N1[OH+]N(c2[c-]c([Si](C)(C)c3[c-]c4c(cc3)c3ccccc3n4-c3cc(-c4c(-c5ccccc5)cccc4-c4ccccc4)ccn3)ccc2)c2ccccc21.[Pt]. The van der Waals surface area contributed by atoms with Crippen molar-refractivity contribution in [3.8, 4) is 39.2 Å². The van der Waals surface area contributed by atoms with Crippen LogP contribution in [0.4, 0.5) is 17.1 Å². The van der Waals surface area contributed by atoms with Gasteiger partial charge in [-0.25, -0.2) is 4.98 Å². The zero-order valence-electron chi connectivity index (χ0n) is 33.4. The van der Waals surface area contributed by atoms with Gasteiger partial charge in [-0.15, -0.1) is 21.6 Å². The molecule has 0 unspecified atom stereocenters. The van der Waals surface area contributed by atoms with Gasteiger partial charge in [0.1, 0.15) is 17.2 Å². The Morgan fingerprint density at radius 3 is 1.92 bits per heavy atom. The summed E-state index contributed by atoms with van der Waals surface area (Å²) < 4.78 is 2.30. The van der Waals surface area contributed by atoms with Crippen LogP contribution >= 0.6 is 0 Å². The number of fused-ring (bicyclic) bond motifs is 4. The normalized spacial score (nSPS) is 12.6. The molecule has 10 rings (SSSR count). The maximum Gasteiger partial charge on any atom is 0.145 e. The Labute approximate surface area is 361 Å². The molecule has 7 heteroatoms. The molecule has 0 saturated carbocycles. The van der Waals surface area contributed by atoms with Crippen molar-refractivity contribution in [2.75, 3.05) is 10.1 Å². The quantitative estimate of drug-likeness (QED) is 0.0865. The zero-order chi connectivity index (χ0) is 39.4. The second-order valence-electron chi connectivity index (χ2n) is 15.8. The molecule has 5 nitrogen and oxygen atoms in total. The van der Waals surface area contributed by atoms with E-state index in [0.29, 0.717) is 0 Å². The largest absolute Gasteiger partial charge is 0.319 e. The van der Waals surface area contributed by atoms with Crippen LogP contribution in [0.25, 0.3) is 61.0 Å². The fraction of sp³-hybridized carbons (Fsp3) is 0.0962. The Hall–Kier alpha value is -6.04. The van der Waals surface area contributed by atoms with Gasteiger partial charge in [0.15, 0.2) is 0 Å². The first-order chi connectivity index (χ1) is 28.4. The van der Waals surface area contributed by atoms with Gasteiger partial charge in [0.2, 0.25) is 0 Å². The molecule has 292 valence electrons. The zero-order valence-corrected chi connectivity index (χ0v) is 36.6. The molecule has 1 aliphatic rings. The molecule has 9 aromatic rings. The van der Waals surface area contributed by atoms with Gasteiger partial charge < -0.3 is 4.57 Å². The number of hydroxylamine groups is 1. The fourth-order valence-corrected chi connectivity index (χ4v) is 10.6. The van der Waals surface area contributed by atoms with Crippen LogP contribution in [0.2, 0.25) is 13.1 Å². The van der Waals surface area contributed by atoms with E-state index in [1.54, 1.807) is 0 Å². The van der Waals surface area contributed by atoms with E-state index in [0.717, 1.165) is 44.9 Å². The van der Waals surface area contributed by atoms with Gasteiger partial charge in [0.05, 0.1) is 14.1 Å². The third-order valence-electron chi connectivity index (χ3n) is 11.5. The van der Waals surface area contributed by atoms with Crippen LogP contribution in [0.1, 0.15) is 13.8 Å². The minimum atomic E-state index is -2.34. The molecule has 0 fully saturated rings. The molecule has 1 N–H and O–H groups in total. The topological polar surface area (TPSA) is 37.1 Å². The van der Waals surface area contributed by atoms with E-state index in [4.69, 9.17) is 9.92 Å². The Bertz CT molecular complexity index is 2910. The Morgan fingerprint density at radius 1 is 0.576 bits per heavy atom. The summed E-state index contributed by atoms with van der Waals surface area (Å²) in [5, 5.41) is 8.86. The molecular weight excluding hydrogens is 920 g/mol. The number of benzene rings is 7. The molecular formula is C52H43N4OPtSi-. The van der Waals surface area contributed by atoms with Crippen molar-refractivity contribution in [2.45, 2.75) is 33.0 Å². The summed E-state index contributed by atoms with van der Waals surface area (Å²) in [4.78, 5) is 10.1. The van der Waals surface area contributed by atoms with Crippen LogP contribution in [-0.4, -0.2) is 28.6 Å². The van der Waals surface area contributed by atoms with Gasteiger partial charge in [-0.1, -0.05) is 128 Å². The summed E-state index contributed by atoms with van der Waals surface area (Å²) in [6.45, 7) is 9.13. The van der Waals surface area contributed by atoms with E-state index in [-0.39, 0.29) is 27.1 Å². The fourth-order valence-electron chi connectivity index (χ4n) is 8.45. The van der Waals surface area contributed by atoms with Crippen LogP contribution in [0.5, 0.6) is 0 Å². The smallest absolute Gasteiger partial charge is 0.145 e. The average Bonchev–Trinajstić information content (AvgIpc) is 3.83. The molecule has 59 heavy (non-hydrogen) atoms. The number of anilines is 3. The predicted molar refractivity (Wildman–Crippen MR) is 244 cm³/mol.